The second-order valence-corrected chi connectivity index (χ2v) is 8.19. The molecule has 1 N–H and O–H groups in total. The Hall–Kier alpha value is -3.71. The number of hydrogen-bond acceptors (Lipinski definition) is 4. The monoisotopic (exact) mass is 455 g/mol. The van der Waals surface area contributed by atoms with Crippen molar-refractivity contribution < 1.29 is 4.74 Å². The highest BCUT2D eigenvalue weighted by Crippen LogP contribution is 2.40. The fraction of sp³-hybridized carbons (Fsp3) is 0.192. The van der Waals surface area contributed by atoms with Gasteiger partial charge in [-0.05, 0) is 79.8 Å². The van der Waals surface area contributed by atoms with Crippen molar-refractivity contribution in [3.05, 3.63) is 108 Å². The van der Waals surface area contributed by atoms with Gasteiger partial charge in [-0.3, -0.25) is 9.97 Å². The third-order valence-corrected chi connectivity index (χ3v) is 6.12. The zero-order valence-electron chi connectivity index (χ0n) is 18.3. The van der Waals surface area contributed by atoms with Crippen LogP contribution in [0.25, 0.3) is 5.69 Å². The molecule has 0 aliphatic carbocycles. The minimum Gasteiger partial charge on any atom is -0.494 e. The van der Waals surface area contributed by atoms with Crippen molar-refractivity contribution in [2.75, 3.05) is 6.61 Å². The molecule has 2 atom stereocenters. The van der Waals surface area contributed by atoms with E-state index in [-0.39, 0.29) is 12.1 Å². The van der Waals surface area contributed by atoms with Crippen LogP contribution in [0.1, 0.15) is 36.1 Å². The van der Waals surface area contributed by atoms with Gasteiger partial charge in [0, 0.05) is 30.0 Å². The summed E-state index contributed by atoms with van der Waals surface area (Å²) in [5.41, 5.74) is 4.10. The molecule has 1 fully saturated rings. The number of aromatic nitrogens is 3. The maximum absolute atomic E-state index is 5.81. The first-order chi connectivity index (χ1) is 16.2. The lowest BCUT2D eigenvalue weighted by atomic mass is 10.0. The summed E-state index contributed by atoms with van der Waals surface area (Å²) in [6.45, 7) is 3.24. The van der Waals surface area contributed by atoms with E-state index in [1.165, 1.54) is 0 Å². The summed E-state index contributed by atoms with van der Waals surface area (Å²) in [5, 5.41) is 4.21. The minimum atomic E-state index is -0.0845. The largest absolute Gasteiger partial charge is 0.494 e. The molecule has 1 aliphatic heterocycles. The van der Waals surface area contributed by atoms with Crippen LogP contribution in [0.5, 0.6) is 5.75 Å². The molecule has 0 amide bonds. The highest BCUT2D eigenvalue weighted by molar-refractivity contribution is 7.80. The van der Waals surface area contributed by atoms with Crippen molar-refractivity contribution in [2.45, 2.75) is 25.6 Å². The first-order valence-electron chi connectivity index (χ1n) is 11.0. The predicted octanol–water partition coefficient (Wildman–Crippen LogP) is 4.84. The molecule has 4 aromatic rings. The number of ether oxygens (including phenoxy) is 1. The van der Waals surface area contributed by atoms with Gasteiger partial charge in [0.05, 0.1) is 36.6 Å². The number of thiocarbonyl (C=S) groups is 1. The molecule has 7 heteroatoms. The maximum Gasteiger partial charge on any atom is 0.170 e. The molecule has 0 spiro atoms. The predicted molar refractivity (Wildman–Crippen MR) is 132 cm³/mol. The van der Waals surface area contributed by atoms with Crippen molar-refractivity contribution in [3.8, 4) is 11.4 Å². The van der Waals surface area contributed by atoms with E-state index in [4.69, 9.17) is 17.0 Å². The second-order valence-electron chi connectivity index (χ2n) is 7.81. The van der Waals surface area contributed by atoms with Crippen LogP contribution in [-0.2, 0) is 6.54 Å². The Morgan fingerprint density at radius 3 is 2.42 bits per heavy atom. The molecule has 0 radical (unpaired) electrons. The maximum atomic E-state index is 5.81. The van der Waals surface area contributed by atoms with Crippen LogP contribution in [0.4, 0.5) is 0 Å². The Labute approximate surface area is 198 Å². The van der Waals surface area contributed by atoms with Crippen LogP contribution in [0.15, 0.2) is 91.4 Å². The number of nitrogens with zero attached hydrogens (tertiary/aromatic N) is 4. The Balaban J connectivity index is 1.56. The minimum absolute atomic E-state index is 0.0593. The highest BCUT2D eigenvalue weighted by atomic mass is 32.1. The molecule has 0 saturated carbocycles. The van der Waals surface area contributed by atoms with Gasteiger partial charge >= 0.3 is 0 Å². The quantitative estimate of drug-likeness (QED) is 0.403. The van der Waals surface area contributed by atoms with Gasteiger partial charge in [-0.15, -0.1) is 0 Å². The fourth-order valence-electron chi connectivity index (χ4n) is 4.30. The van der Waals surface area contributed by atoms with Crippen molar-refractivity contribution >= 4 is 17.3 Å². The van der Waals surface area contributed by atoms with E-state index in [1.54, 1.807) is 0 Å². The van der Waals surface area contributed by atoms with Crippen LogP contribution in [-0.4, -0.2) is 31.2 Å². The number of hydrogen-bond donors (Lipinski definition) is 1. The van der Waals surface area contributed by atoms with E-state index in [2.05, 4.69) is 55.2 Å². The molecule has 6 nitrogen and oxygen atoms in total. The summed E-state index contributed by atoms with van der Waals surface area (Å²) in [4.78, 5) is 11.4. The van der Waals surface area contributed by atoms with Gasteiger partial charge in [0.1, 0.15) is 5.75 Å². The average molecular weight is 456 g/mol. The van der Waals surface area contributed by atoms with E-state index in [1.807, 2.05) is 67.8 Å². The SMILES string of the molecule is CCOc1ccc(-n2cccc2C2C(c3ccccn3)NC(=S)N2Cc2ccccn2)cc1. The summed E-state index contributed by atoms with van der Waals surface area (Å²) < 4.78 is 7.83. The highest BCUT2D eigenvalue weighted by Gasteiger charge is 2.41. The summed E-state index contributed by atoms with van der Waals surface area (Å²) in [7, 11) is 0. The van der Waals surface area contributed by atoms with Gasteiger partial charge in [-0.25, -0.2) is 0 Å². The van der Waals surface area contributed by atoms with Gasteiger partial charge in [0.15, 0.2) is 5.11 Å². The molecule has 3 aromatic heterocycles. The third kappa shape index (κ3) is 4.32. The summed E-state index contributed by atoms with van der Waals surface area (Å²) in [5.74, 6) is 0.863. The van der Waals surface area contributed by atoms with Gasteiger partial charge < -0.3 is 19.5 Å². The topological polar surface area (TPSA) is 55.2 Å². The zero-order valence-corrected chi connectivity index (χ0v) is 19.2. The van der Waals surface area contributed by atoms with E-state index in [9.17, 15) is 0 Å². The molecule has 1 aliphatic rings. The van der Waals surface area contributed by atoms with Crippen molar-refractivity contribution in [2.24, 2.45) is 0 Å². The van der Waals surface area contributed by atoms with Crippen LogP contribution >= 0.6 is 12.2 Å². The normalized spacial score (nSPS) is 17.7. The molecular formula is C26H25N5OS. The van der Waals surface area contributed by atoms with Crippen LogP contribution in [0, 0.1) is 0 Å². The van der Waals surface area contributed by atoms with E-state index < -0.39 is 0 Å². The Bertz CT molecular complexity index is 1210. The van der Waals surface area contributed by atoms with Gasteiger partial charge in [0.2, 0.25) is 0 Å². The standard InChI is InChI=1S/C26H25N5OS/c1-2-32-21-13-11-20(12-14-21)30-17-7-10-23(30)25-24(22-9-4-6-16-28-22)29-26(33)31(25)18-19-8-3-5-15-27-19/h3-17,24-25H,2,18H2,1H3,(H,29,33). The molecule has 4 heterocycles. The number of nitrogens with one attached hydrogen (secondary N) is 1. The second kappa shape index (κ2) is 9.42. The summed E-state index contributed by atoms with van der Waals surface area (Å²) >= 11 is 5.81. The van der Waals surface area contributed by atoms with Gasteiger partial charge in [-0.1, -0.05) is 12.1 Å². The number of benzene rings is 1. The first kappa shape index (κ1) is 21.2. The zero-order chi connectivity index (χ0) is 22.6. The Morgan fingerprint density at radius 1 is 0.939 bits per heavy atom. The van der Waals surface area contributed by atoms with Crippen molar-refractivity contribution in [1.82, 2.24) is 24.8 Å². The Kier molecular flexibility index (Phi) is 6.04. The van der Waals surface area contributed by atoms with Gasteiger partial charge in [-0.2, -0.15) is 0 Å². The van der Waals surface area contributed by atoms with Crippen molar-refractivity contribution in [1.29, 1.82) is 0 Å². The molecule has 1 saturated heterocycles. The van der Waals surface area contributed by atoms with Crippen LogP contribution in [0.2, 0.25) is 0 Å². The smallest absolute Gasteiger partial charge is 0.170 e. The van der Waals surface area contributed by atoms with E-state index in [0.717, 1.165) is 28.5 Å². The molecule has 0 bridgehead atoms. The van der Waals surface area contributed by atoms with Crippen molar-refractivity contribution in [3.63, 3.8) is 0 Å². The molecule has 5 rings (SSSR count). The summed E-state index contributed by atoms with van der Waals surface area (Å²) in [6, 6.07) is 24.2. The number of rotatable bonds is 7. The summed E-state index contributed by atoms with van der Waals surface area (Å²) in [6.07, 6.45) is 5.72. The van der Waals surface area contributed by atoms with Gasteiger partial charge in [0.25, 0.3) is 0 Å². The third-order valence-electron chi connectivity index (χ3n) is 5.77. The lowest BCUT2D eigenvalue weighted by molar-refractivity contribution is 0.299. The average Bonchev–Trinajstić information content (AvgIpc) is 3.46. The molecule has 33 heavy (non-hydrogen) atoms. The molecule has 166 valence electrons. The van der Waals surface area contributed by atoms with E-state index in [0.29, 0.717) is 18.3 Å². The fourth-order valence-corrected chi connectivity index (χ4v) is 4.61. The Morgan fingerprint density at radius 2 is 1.73 bits per heavy atom. The van der Waals surface area contributed by atoms with Crippen LogP contribution < -0.4 is 10.1 Å². The number of pyridine rings is 2. The molecule has 1 aromatic carbocycles. The van der Waals surface area contributed by atoms with Crippen LogP contribution in [0.3, 0.4) is 0 Å². The lowest BCUT2D eigenvalue weighted by Gasteiger charge is -2.28. The first-order valence-corrected chi connectivity index (χ1v) is 11.4. The molecular weight excluding hydrogens is 430 g/mol. The lowest BCUT2D eigenvalue weighted by Crippen LogP contribution is -2.30. The van der Waals surface area contributed by atoms with E-state index >= 15 is 0 Å². The molecule has 2 unspecified atom stereocenters.